The zero-order chi connectivity index (χ0) is 13.2. The number of aromatic amines is 2. The lowest BCUT2D eigenvalue weighted by molar-refractivity contribution is 0.0946. The van der Waals surface area contributed by atoms with Crippen molar-refractivity contribution in [2.75, 3.05) is 5.73 Å². The summed E-state index contributed by atoms with van der Waals surface area (Å²) < 4.78 is 0. The Hall–Kier alpha value is -2.76. The van der Waals surface area contributed by atoms with Crippen molar-refractivity contribution in [3.05, 3.63) is 47.9 Å². The number of hydrogen-bond acceptors (Lipinski definition) is 3. The number of amides is 1. The molecule has 0 radical (unpaired) electrons. The second kappa shape index (κ2) is 4.49. The lowest BCUT2D eigenvalue weighted by atomic mass is 10.2. The Bertz CT molecular complexity index is 714. The van der Waals surface area contributed by atoms with Crippen molar-refractivity contribution in [3.8, 4) is 0 Å². The molecule has 0 fully saturated rings. The van der Waals surface area contributed by atoms with E-state index in [1.165, 1.54) is 0 Å². The standard InChI is InChI=1S/C13H13N5O/c14-9-1-2-11-8(5-9)6-12(17-11)13(19)15-7-10-3-4-16-18-10/h1-6,17H,7,14H2,(H,15,19)(H,16,18). The van der Waals surface area contributed by atoms with Gasteiger partial charge in [0.05, 0.1) is 12.2 Å². The van der Waals surface area contributed by atoms with Gasteiger partial charge in [-0.05, 0) is 30.3 Å². The average Bonchev–Trinajstić information content (AvgIpc) is 3.04. The number of nitrogen functional groups attached to an aromatic ring is 1. The van der Waals surface area contributed by atoms with Crippen LogP contribution in [0.15, 0.2) is 36.5 Å². The summed E-state index contributed by atoms with van der Waals surface area (Å²) in [5, 5.41) is 10.3. The smallest absolute Gasteiger partial charge is 0.268 e. The minimum atomic E-state index is -0.163. The molecule has 6 nitrogen and oxygen atoms in total. The number of rotatable bonds is 3. The largest absolute Gasteiger partial charge is 0.399 e. The maximum Gasteiger partial charge on any atom is 0.268 e. The van der Waals surface area contributed by atoms with Crippen LogP contribution in [0.25, 0.3) is 10.9 Å². The topological polar surface area (TPSA) is 99.6 Å². The highest BCUT2D eigenvalue weighted by Crippen LogP contribution is 2.18. The summed E-state index contributed by atoms with van der Waals surface area (Å²) in [5.74, 6) is -0.163. The molecule has 3 aromatic rings. The van der Waals surface area contributed by atoms with Gasteiger partial charge in [0.25, 0.3) is 5.91 Å². The molecule has 0 aliphatic heterocycles. The Kier molecular flexibility index (Phi) is 2.68. The number of nitrogens with one attached hydrogen (secondary N) is 3. The molecular weight excluding hydrogens is 242 g/mol. The number of aromatic nitrogens is 3. The molecule has 0 saturated carbocycles. The second-order valence-electron chi connectivity index (χ2n) is 4.29. The van der Waals surface area contributed by atoms with Gasteiger partial charge in [0.2, 0.25) is 0 Å². The Morgan fingerprint density at radius 1 is 1.32 bits per heavy atom. The van der Waals surface area contributed by atoms with Gasteiger partial charge in [0, 0.05) is 22.8 Å². The van der Waals surface area contributed by atoms with Crippen molar-refractivity contribution < 1.29 is 4.79 Å². The third-order valence-electron chi connectivity index (χ3n) is 2.89. The number of fused-ring (bicyclic) bond motifs is 1. The second-order valence-corrected chi connectivity index (χ2v) is 4.29. The molecule has 1 aromatic carbocycles. The van der Waals surface area contributed by atoms with E-state index in [4.69, 9.17) is 5.73 Å². The highest BCUT2D eigenvalue weighted by Gasteiger charge is 2.09. The van der Waals surface area contributed by atoms with Gasteiger partial charge in [-0.25, -0.2) is 0 Å². The molecule has 0 spiro atoms. The molecule has 5 N–H and O–H groups in total. The molecule has 0 unspecified atom stereocenters. The summed E-state index contributed by atoms with van der Waals surface area (Å²) in [4.78, 5) is 15.0. The molecule has 0 bridgehead atoms. The first kappa shape index (κ1) is 11.3. The van der Waals surface area contributed by atoms with Crippen molar-refractivity contribution >= 4 is 22.5 Å². The number of H-pyrrole nitrogens is 2. The zero-order valence-electron chi connectivity index (χ0n) is 10.1. The van der Waals surface area contributed by atoms with Crippen LogP contribution < -0.4 is 11.1 Å². The Labute approximate surface area is 109 Å². The van der Waals surface area contributed by atoms with Crippen molar-refractivity contribution in [1.82, 2.24) is 20.5 Å². The summed E-state index contributed by atoms with van der Waals surface area (Å²) in [6.07, 6.45) is 1.65. The van der Waals surface area contributed by atoms with Crippen molar-refractivity contribution in [2.45, 2.75) is 6.54 Å². The van der Waals surface area contributed by atoms with E-state index >= 15 is 0 Å². The van der Waals surface area contributed by atoms with Crippen LogP contribution in [-0.4, -0.2) is 21.1 Å². The van der Waals surface area contributed by atoms with Gasteiger partial charge in [0.1, 0.15) is 5.69 Å². The molecule has 0 atom stereocenters. The van der Waals surface area contributed by atoms with Gasteiger partial charge >= 0.3 is 0 Å². The van der Waals surface area contributed by atoms with Gasteiger partial charge < -0.3 is 16.0 Å². The van der Waals surface area contributed by atoms with Crippen LogP contribution in [0.5, 0.6) is 0 Å². The van der Waals surface area contributed by atoms with E-state index in [-0.39, 0.29) is 5.91 Å². The number of carbonyl (C=O) groups is 1. The lowest BCUT2D eigenvalue weighted by Gasteiger charge is -2.00. The number of hydrogen-bond donors (Lipinski definition) is 4. The SMILES string of the molecule is Nc1ccc2[nH]c(C(=O)NCc3ccn[nH]3)cc2c1. The summed E-state index contributed by atoms with van der Waals surface area (Å²) in [6.45, 7) is 0.413. The molecular formula is C13H13N5O. The van der Waals surface area contributed by atoms with Gasteiger partial charge in [-0.15, -0.1) is 0 Å². The molecule has 2 heterocycles. The Balaban J connectivity index is 1.77. The summed E-state index contributed by atoms with van der Waals surface area (Å²) in [6, 6.07) is 9.08. The quantitative estimate of drug-likeness (QED) is 0.532. The fourth-order valence-electron chi connectivity index (χ4n) is 1.93. The van der Waals surface area contributed by atoms with E-state index in [0.29, 0.717) is 17.9 Å². The Morgan fingerprint density at radius 3 is 3.00 bits per heavy atom. The molecule has 6 heteroatoms. The minimum absolute atomic E-state index is 0.163. The van der Waals surface area contributed by atoms with Crippen LogP contribution in [0.1, 0.15) is 16.2 Å². The first-order valence-electron chi connectivity index (χ1n) is 5.87. The zero-order valence-corrected chi connectivity index (χ0v) is 10.1. The van der Waals surface area contributed by atoms with Crippen LogP contribution >= 0.6 is 0 Å². The Morgan fingerprint density at radius 2 is 2.21 bits per heavy atom. The summed E-state index contributed by atoms with van der Waals surface area (Å²) in [7, 11) is 0. The van der Waals surface area contributed by atoms with E-state index < -0.39 is 0 Å². The summed E-state index contributed by atoms with van der Waals surface area (Å²) in [5.41, 5.74) is 8.64. The average molecular weight is 255 g/mol. The third kappa shape index (κ3) is 2.28. The van der Waals surface area contributed by atoms with Crippen LogP contribution in [-0.2, 0) is 6.54 Å². The highest BCUT2D eigenvalue weighted by molar-refractivity contribution is 5.98. The maximum absolute atomic E-state index is 12.0. The van der Waals surface area contributed by atoms with E-state index in [2.05, 4.69) is 20.5 Å². The molecule has 0 aliphatic rings. The van der Waals surface area contributed by atoms with Gasteiger partial charge in [0.15, 0.2) is 0 Å². The highest BCUT2D eigenvalue weighted by atomic mass is 16.1. The number of anilines is 1. The molecule has 96 valence electrons. The third-order valence-corrected chi connectivity index (χ3v) is 2.89. The van der Waals surface area contributed by atoms with E-state index in [0.717, 1.165) is 16.6 Å². The fourth-order valence-corrected chi connectivity index (χ4v) is 1.93. The molecule has 0 saturated heterocycles. The first-order valence-corrected chi connectivity index (χ1v) is 5.87. The number of carbonyl (C=O) groups excluding carboxylic acids is 1. The monoisotopic (exact) mass is 255 g/mol. The van der Waals surface area contributed by atoms with Crippen molar-refractivity contribution in [1.29, 1.82) is 0 Å². The minimum Gasteiger partial charge on any atom is -0.399 e. The van der Waals surface area contributed by atoms with Gasteiger partial charge in [-0.2, -0.15) is 5.10 Å². The fraction of sp³-hybridized carbons (Fsp3) is 0.0769. The molecule has 1 amide bonds. The van der Waals surface area contributed by atoms with Crippen LogP contribution in [0.3, 0.4) is 0 Å². The molecule has 2 aromatic heterocycles. The summed E-state index contributed by atoms with van der Waals surface area (Å²) >= 11 is 0. The van der Waals surface area contributed by atoms with Crippen LogP contribution in [0.2, 0.25) is 0 Å². The van der Waals surface area contributed by atoms with Gasteiger partial charge in [-0.1, -0.05) is 0 Å². The lowest BCUT2D eigenvalue weighted by Crippen LogP contribution is -2.23. The van der Waals surface area contributed by atoms with E-state index in [9.17, 15) is 4.79 Å². The molecule has 0 aliphatic carbocycles. The molecule has 19 heavy (non-hydrogen) atoms. The van der Waals surface area contributed by atoms with Crippen LogP contribution in [0.4, 0.5) is 5.69 Å². The van der Waals surface area contributed by atoms with E-state index in [1.54, 1.807) is 18.3 Å². The number of nitrogens with zero attached hydrogens (tertiary/aromatic N) is 1. The van der Waals surface area contributed by atoms with E-state index in [1.807, 2.05) is 18.2 Å². The normalized spacial score (nSPS) is 10.7. The first-order chi connectivity index (χ1) is 9.22. The molecule has 3 rings (SSSR count). The predicted molar refractivity (Wildman–Crippen MR) is 72.5 cm³/mol. The maximum atomic E-state index is 12.0. The van der Waals surface area contributed by atoms with Crippen LogP contribution in [0, 0.1) is 0 Å². The number of nitrogens with two attached hydrogens (primary N) is 1. The van der Waals surface area contributed by atoms with Crippen molar-refractivity contribution in [3.63, 3.8) is 0 Å². The predicted octanol–water partition coefficient (Wildman–Crippen LogP) is 1.40. The number of benzene rings is 1. The van der Waals surface area contributed by atoms with Crippen molar-refractivity contribution in [2.24, 2.45) is 0 Å². The van der Waals surface area contributed by atoms with Gasteiger partial charge in [-0.3, -0.25) is 9.89 Å².